The van der Waals surface area contributed by atoms with Gasteiger partial charge >= 0.3 is 6.03 Å². The lowest BCUT2D eigenvalue weighted by molar-refractivity contribution is 0.0985. The average Bonchev–Trinajstić information content (AvgIpc) is 3.63. The quantitative estimate of drug-likeness (QED) is 0.495. The van der Waals surface area contributed by atoms with Crippen LogP contribution in [-0.4, -0.2) is 65.2 Å². The van der Waals surface area contributed by atoms with Crippen LogP contribution in [-0.2, 0) is 27.4 Å². The third-order valence-corrected chi connectivity index (χ3v) is 8.36. The van der Waals surface area contributed by atoms with E-state index in [0.29, 0.717) is 48.5 Å². The Morgan fingerprint density at radius 2 is 1.89 bits per heavy atom. The number of carbonyl (C=O) groups is 1. The maximum absolute atomic E-state index is 12.7. The number of hydrogen-bond donors (Lipinski definition) is 2. The van der Waals surface area contributed by atoms with Crippen molar-refractivity contribution in [2.45, 2.75) is 36.8 Å². The standard InChI is InChI=1S/C24H29N7O4S/c1-16-14-35-10-9-31(16)22-11-19(15-36(33,34)21-7-8-21)26-23(29-22)17-3-5-18(6-4-17)27-24(32)28-20-12-25-30(2)13-20/h3-6,11-13,16,21H,7-10,14-15H2,1-2H3,(H2,27,28,32)/t16-/m0/s1. The number of aryl methyl sites for hydroxylation is 1. The second-order valence-electron chi connectivity index (χ2n) is 9.22. The van der Waals surface area contributed by atoms with Crippen molar-refractivity contribution in [3.05, 3.63) is 48.4 Å². The monoisotopic (exact) mass is 511 g/mol. The van der Waals surface area contributed by atoms with Crippen molar-refractivity contribution in [3.63, 3.8) is 0 Å². The van der Waals surface area contributed by atoms with E-state index < -0.39 is 9.84 Å². The Morgan fingerprint density at radius 1 is 1.14 bits per heavy atom. The van der Waals surface area contributed by atoms with Crippen molar-refractivity contribution in [1.29, 1.82) is 0 Å². The highest BCUT2D eigenvalue weighted by molar-refractivity contribution is 7.91. The Balaban J connectivity index is 1.38. The van der Waals surface area contributed by atoms with E-state index in [1.165, 1.54) is 0 Å². The molecule has 1 saturated carbocycles. The fourth-order valence-electron chi connectivity index (χ4n) is 4.13. The van der Waals surface area contributed by atoms with Crippen LogP contribution in [0.3, 0.4) is 0 Å². The number of urea groups is 1. The highest BCUT2D eigenvalue weighted by Crippen LogP contribution is 2.32. The molecule has 3 heterocycles. The van der Waals surface area contributed by atoms with Gasteiger partial charge in [-0.2, -0.15) is 5.10 Å². The number of hydrogen-bond acceptors (Lipinski definition) is 8. The van der Waals surface area contributed by atoms with Crippen LogP contribution in [0.15, 0.2) is 42.7 Å². The lowest BCUT2D eigenvalue weighted by Crippen LogP contribution is -2.44. The third-order valence-electron chi connectivity index (χ3n) is 6.17. The van der Waals surface area contributed by atoms with Gasteiger partial charge in [0.25, 0.3) is 0 Å². The predicted molar refractivity (Wildman–Crippen MR) is 137 cm³/mol. The highest BCUT2D eigenvalue weighted by Gasteiger charge is 2.36. The first-order valence-electron chi connectivity index (χ1n) is 11.9. The molecule has 0 bridgehead atoms. The summed E-state index contributed by atoms with van der Waals surface area (Å²) in [6.45, 7) is 3.89. The normalized spacial score (nSPS) is 18.2. The number of morpholine rings is 1. The lowest BCUT2D eigenvalue weighted by Gasteiger charge is -2.34. The molecule has 1 atom stereocenters. The molecule has 0 radical (unpaired) electrons. The summed E-state index contributed by atoms with van der Waals surface area (Å²) in [5.74, 6) is 1.03. The van der Waals surface area contributed by atoms with E-state index >= 15 is 0 Å². The summed E-state index contributed by atoms with van der Waals surface area (Å²) < 4.78 is 32.5. The molecule has 1 saturated heterocycles. The molecule has 2 fully saturated rings. The molecule has 2 aliphatic rings. The second-order valence-corrected chi connectivity index (χ2v) is 11.5. The maximum Gasteiger partial charge on any atom is 0.323 e. The van der Waals surface area contributed by atoms with Gasteiger partial charge in [0.15, 0.2) is 15.7 Å². The first-order chi connectivity index (χ1) is 17.3. The Bertz CT molecular complexity index is 1350. The number of nitrogens with one attached hydrogen (secondary N) is 2. The SMILES string of the molecule is C[C@H]1COCCN1c1cc(CS(=O)(=O)C2CC2)nc(-c2ccc(NC(=O)Nc3cnn(C)c3)cc2)n1. The maximum atomic E-state index is 12.7. The van der Waals surface area contributed by atoms with Crippen LogP contribution in [0.4, 0.5) is 22.0 Å². The van der Waals surface area contributed by atoms with Crippen molar-refractivity contribution >= 4 is 33.1 Å². The van der Waals surface area contributed by atoms with Crippen LogP contribution in [0.2, 0.25) is 0 Å². The van der Waals surface area contributed by atoms with Gasteiger partial charge in [-0.25, -0.2) is 23.2 Å². The molecule has 190 valence electrons. The van der Waals surface area contributed by atoms with Gasteiger partial charge in [0.1, 0.15) is 5.82 Å². The molecule has 5 rings (SSSR count). The minimum Gasteiger partial charge on any atom is -0.377 e. The summed E-state index contributed by atoms with van der Waals surface area (Å²) in [5, 5.41) is 9.26. The van der Waals surface area contributed by atoms with E-state index in [4.69, 9.17) is 9.72 Å². The molecule has 2 N–H and O–H groups in total. The molecule has 3 aromatic rings. The number of ether oxygens (including phenoxy) is 1. The van der Waals surface area contributed by atoms with E-state index in [1.54, 1.807) is 54.5 Å². The molecule has 12 heteroatoms. The van der Waals surface area contributed by atoms with Crippen LogP contribution in [0.25, 0.3) is 11.4 Å². The lowest BCUT2D eigenvalue weighted by atomic mass is 10.2. The Hall–Kier alpha value is -3.51. The van der Waals surface area contributed by atoms with Crippen molar-refractivity contribution in [2.24, 2.45) is 7.05 Å². The van der Waals surface area contributed by atoms with Gasteiger partial charge in [0.05, 0.1) is 47.8 Å². The van der Waals surface area contributed by atoms with E-state index in [1.807, 2.05) is 0 Å². The number of sulfone groups is 1. The van der Waals surface area contributed by atoms with Crippen molar-refractivity contribution < 1.29 is 17.9 Å². The van der Waals surface area contributed by atoms with E-state index in [9.17, 15) is 13.2 Å². The molecule has 0 unspecified atom stereocenters. The molecule has 2 aromatic heterocycles. The molecule has 1 aliphatic heterocycles. The predicted octanol–water partition coefficient (Wildman–Crippen LogP) is 2.82. The fourth-order valence-corrected chi connectivity index (χ4v) is 5.78. The number of carbonyl (C=O) groups excluding carboxylic acids is 1. The second kappa shape index (κ2) is 9.86. The van der Waals surface area contributed by atoms with E-state index in [2.05, 4.69) is 32.5 Å². The van der Waals surface area contributed by atoms with Gasteiger partial charge < -0.3 is 20.3 Å². The number of anilines is 3. The van der Waals surface area contributed by atoms with E-state index in [0.717, 1.165) is 18.4 Å². The van der Waals surface area contributed by atoms with Crippen molar-refractivity contribution in [2.75, 3.05) is 35.3 Å². The van der Waals surface area contributed by atoms with Gasteiger partial charge in [-0.3, -0.25) is 4.68 Å². The van der Waals surface area contributed by atoms with Crippen LogP contribution >= 0.6 is 0 Å². The summed E-state index contributed by atoms with van der Waals surface area (Å²) in [5.41, 5.74) is 2.39. The van der Waals surface area contributed by atoms with Crippen molar-refractivity contribution in [1.82, 2.24) is 19.7 Å². The van der Waals surface area contributed by atoms with Crippen molar-refractivity contribution in [3.8, 4) is 11.4 Å². The van der Waals surface area contributed by atoms with Crippen LogP contribution in [0, 0.1) is 0 Å². The summed E-state index contributed by atoms with van der Waals surface area (Å²) in [7, 11) is -1.47. The van der Waals surface area contributed by atoms with Crippen LogP contribution < -0.4 is 15.5 Å². The minimum atomic E-state index is -3.24. The Labute approximate surface area is 209 Å². The molecular weight excluding hydrogens is 482 g/mol. The first-order valence-corrected chi connectivity index (χ1v) is 13.6. The molecule has 2 amide bonds. The molecule has 0 spiro atoms. The topological polar surface area (TPSA) is 131 Å². The van der Waals surface area contributed by atoms with Gasteiger partial charge in [-0.1, -0.05) is 0 Å². The highest BCUT2D eigenvalue weighted by atomic mass is 32.2. The zero-order valence-electron chi connectivity index (χ0n) is 20.2. The summed E-state index contributed by atoms with van der Waals surface area (Å²) in [4.78, 5) is 23.8. The average molecular weight is 512 g/mol. The molecule has 11 nitrogen and oxygen atoms in total. The zero-order valence-corrected chi connectivity index (χ0v) is 21.0. The number of nitrogens with zero attached hydrogens (tertiary/aromatic N) is 5. The van der Waals surface area contributed by atoms with Gasteiger partial charge in [0.2, 0.25) is 0 Å². The fraction of sp³-hybridized carbons (Fsp3) is 0.417. The largest absolute Gasteiger partial charge is 0.377 e. The first kappa shape index (κ1) is 24.2. The number of benzene rings is 1. The molecule has 1 aromatic carbocycles. The number of aromatic nitrogens is 4. The number of amides is 2. The molecule has 36 heavy (non-hydrogen) atoms. The van der Waals surface area contributed by atoms with E-state index in [-0.39, 0.29) is 23.1 Å². The third kappa shape index (κ3) is 5.65. The Kier molecular flexibility index (Phi) is 6.63. The number of rotatable bonds is 7. The minimum absolute atomic E-state index is 0.104. The smallest absolute Gasteiger partial charge is 0.323 e. The van der Waals surface area contributed by atoms with Crippen LogP contribution in [0.1, 0.15) is 25.5 Å². The summed E-state index contributed by atoms with van der Waals surface area (Å²) >= 11 is 0. The Morgan fingerprint density at radius 3 is 2.56 bits per heavy atom. The van der Waals surface area contributed by atoms with Gasteiger partial charge in [-0.15, -0.1) is 0 Å². The summed E-state index contributed by atoms with van der Waals surface area (Å²) in [6, 6.07) is 8.63. The summed E-state index contributed by atoms with van der Waals surface area (Å²) in [6.07, 6.45) is 4.69. The molecular formula is C24H29N7O4S. The zero-order chi connectivity index (χ0) is 25.3. The van der Waals surface area contributed by atoms with Gasteiger partial charge in [0, 0.05) is 37.1 Å². The van der Waals surface area contributed by atoms with Gasteiger partial charge in [-0.05, 0) is 44.0 Å². The molecule has 1 aliphatic carbocycles. The van der Waals surface area contributed by atoms with Crippen LogP contribution in [0.5, 0.6) is 0 Å².